The van der Waals surface area contributed by atoms with Crippen LogP contribution in [-0.4, -0.2) is 35.8 Å². The van der Waals surface area contributed by atoms with Crippen LogP contribution in [0.1, 0.15) is 26.3 Å². The molecular weight excluding hydrogens is 212 g/mol. The molecule has 1 aromatic heterocycles. The average molecular weight is 234 g/mol. The summed E-state index contributed by atoms with van der Waals surface area (Å²) in [5.74, 6) is 0.287. The molecule has 0 N–H and O–H groups in total. The Balaban J connectivity index is 2.36. The van der Waals surface area contributed by atoms with E-state index in [-0.39, 0.29) is 11.2 Å². The van der Waals surface area contributed by atoms with Gasteiger partial charge in [-0.15, -0.1) is 0 Å². The summed E-state index contributed by atoms with van der Waals surface area (Å²) in [4.78, 5) is 17.9. The molecule has 0 fully saturated rings. The molecule has 0 atom stereocenters. The van der Waals surface area contributed by atoms with Crippen molar-refractivity contribution in [2.24, 2.45) is 5.41 Å². The lowest BCUT2D eigenvalue weighted by Gasteiger charge is -2.22. The Bertz CT molecular complexity index is 354. The third kappa shape index (κ3) is 5.09. The van der Waals surface area contributed by atoms with Crippen molar-refractivity contribution in [2.45, 2.75) is 27.2 Å². The minimum atomic E-state index is -0.245. The van der Waals surface area contributed by atoms with Crippen LogP contribution in [-0.2, 0) is 11.2 Å². The Hall–Kier alpha value is -1.22. The fourth-order valence-electron chi connectivity index (χ4n) is 1.43. The van der Waals surface area contributed by atoms with E-state index in [9.17, 15) is 4.79 Å². The van der Waals surface area contributed by atoms with Crippen LogP contribution in [0.2, 0.25) is 0 Å². The van der Waals surface area contributed by atoms with Crippen LogP contribution in [0.3, 0.4) is 0 Å². The van der Waals surface area contributed by atoms with Crippen LogP contribution in [0.4, 0.5) is 0 Å². The first-order chi connectivity index (χ1) is 7.89. The Morgan fingerprint density at radius 3 is 2.41 bits per heavy atom. The smallest absolute Gasteiger partial charge is 0.152 e. The van der Waals surface area contributed by atoms with E-state index >= 15 is 0 Å². The molecule has 1 rings (SSSR count). The standard InChI is InChI=1S/C14H22N2O/c1-14(2,3)13(17)11-16(4)10-7-12-5-8-15-9-6-12/h5-6,8-9H,7,10-11H2,1-4H3. The van der Waals surface area contributed by atoms with Gasteiger partial charge in [-0.05, 0) is 31.2 Å². The third-order valence-corrected chi connectivity index (χ3v) is 2.78. The second-order valence-electron chi connectivity index (χ2n) is 5.52. The highest BCUT2D eigenvalue weighted by Crippen LogP contribution is 2.14. The van der Waals surface area contributed by atoms with Gasteiger partial charge in [0.15, 0.2) is 5.78 Å². The van der Waals surface area contributed by atoms with Gasteiger partial charge in [0.05, 0.1) is 6.54 Å². The number of hydrogen-bond acceptors (Lipinski definition) is 3. The maximum atomic E-state index is 11.8. The zero-order chi connectivity index (χ0) is 12.9. The van der Waals surface area contributed by atoms with Crippen molar-refractivity contribution in [1.82, 2.24) is 9.88 Å². The Kier molecular flexibility index (Phi) is 4.82. The molecule has 1 aromatic rings. The number of pyridine rings is 1. The summed E-state index contributed by atoms with van der Waals surface area (Å²) in [6.45, 7) is 7.31. The van der Waals surface area contributed by atoms with E-state index in [1.807, 2.05) is 40.0 Å². The van der Waals surface area contributed by atoms with E-state index in [1.54, 1.807) is 12.4 Å². The van der Waals surface area contributed by atoms with Crippen molar-refractivity contribution in [1.29, 1.82) is 0 Å². The van der Waals surface area contributed by atoms with Crippen molar-refractivity contribution in [2.75, 3.05) is 20.1 Å². The summed E-state index contributed by atoms with van der Waals surface area (Å²) in [6, 6.07) is 4.03. The lowest BCUT2D eigenvalue weighted by molar-refractivity contribution is -0.127. The number of ketones is 1. The quantitative estimate of drug-likeness (QED) is 0.783. The predicted molar refractivity (Wildman–Crippen MR) is 69.9 cm³/mol. The zero-order valence-electron chi connectivity index (χ0n) is 11.2. The monoisotopic (exact) mass is 234 g/mol. The number of likely N-dealkylation sites (N-methyl/N-ethyl adjacent to an activating group) is 1. The van der Waals surface area contributed by atoms with Gasteiger partial charge in [0, 0.05) is 24.4 Å². The number of aromatic nitrogens is 1. The Morgan fingerprint density at radius 1 is 1.29 bits per heavy atom. The van der Waals surface area contributed by atoms with Crippen molar-refractivity contribution < 1.29 is 4.79 Å². The normalized spacial score (nSPS) is 11.8. The second kappa shape index (κ2) is 5.92. The molecule has 0 unspecified atom stereocenters. The molecule has 1 heterocycles. The molecule has 17 heavy (non-hydrogen) atoms. The molecule has 0 saturated carbocycles. The Labute approximate surface area is 104 Å². The minimum Gasteiger partial charge on any atom is -0.299 e. The molecule has 0 radical (unpaired) electrons. The number of carbonyl (C=O) groups is 1. The third-order valence-electron chi connectivity index (χ3n) is 2.78. The molecule has 0 bridgehead atoms. The first kappa shape index (κ1) is 13.8. The number of carbonyl (C=O) groups excluding carboxylic acids is 1. The molecule has 0 spiro atoms. The first-order valence-electron chi connectivity index (χ1n) is 6.00. The highest BCUT2D eigenvalue weighted by molar-refractivity contribution is 5.85. The second-order valence-corrected chi connectivity index (χ2v) is 5.52. The van der Waals surface area contributed by atoms with Crippen LogP contribution in [0.5, 0.6) is 0 Å². The van der Waals surface area contributed by atoms with Crippen LogP contribution in [0, 0.1) is 5.41 Å². The van der Waals surface area contributed by atoms with E-state index in [0.29, 0.717) is 6.54 Å². The molecule has 0 aromatic carbocycles. The number of hydrogen-bond donors (Lipinski definition) is 0. The summed E-state index contributed by atoms with van der Waals surface area (Å²) in [7, 11) is 1.99. The van der Waals surface area contributed by atoms with Crippen molar-refractivity contribution in [3.05, 3.63) is 30.1 Å². The van der Waals surface area contributed by atoms with E-state index in [2.05, 4.69) is 9.88 Å². The first-order valence-corrected chi connectivity index (χ1v) is 6.00. The lowest BCUT2D eigenvalue weighted by atomic mass is 9.90. The zero-order valence-corrected chi connectivity index (χ0v) is 11.2. The average Bonchev–Trinajstić information content (AvgIpc) is 2.26. The molecule has 0 saturated heterocycles. The number of Topliss-reactive ketones (excluding diaryl/α,β-unsaturated/α-hetero) is 1. The van der Waals surface area contributed by atoms with Gasteiger partial charge in [-0.2, -0.15) is 0 Å². The van der Waals surface area contributed by atoms with Gasteiger partial charge in [0.25, 0.3) is 0 Å². The maximum Gasteiger partial charge on any atom is 0.152 e. The molecule has 0 aliphatic carbocycles. The summed E-state index contributed by atoms with van der Waals surface area (Å²) < 4.78 is 0. The molecular formula is C14H22N2O. The summed E-state index contributed by atoms with van der Waals surface area (Å²) in [6.07, 6.45) is 4.56. The van der Waals surface area contributed by atoms with E-state index in [1.165, 1.54) is 5.56 Å². The lowest BCUT2D eigenvalue weighted by Crippen LogP contribution is -2.34. The highest BCUT2D eigenvalue weighted by Gasteiger charge is 2.21. The van der Waals surface area contributed by atoms with Crippen LogP contribution >= 0.6 is 0 Å². The summed E-state index contributed by atoms with van der Waals surface area (Å²) in [5, 5.41) is 0. The fraction of sp³-hybridized carbons (Fsp3) is 0.571. The van der Waals surface area contributed by atoms with Crippen molar-refractivity contribution >= 4 is 5.78 Å². The SMILES string of the molecule is CN(CCc1ccncc1)CC(=O)C(C)(C)C. The number of nitrogens with zero attached hydrogens (tertiary/aromatic N) is 2. The van der Waals surface area contributed by atoms with Gasteiger partial charge in [0.2, 0.25) is 0 Å². The molecule has 0 aliphatic rings. The Morgan fingerprint density at radius 2 is 1.88 bits per heavy atom. The van der Waals surface area contributed by atoms with Crippen molar-refractivity contribution in [3.8, 4) is 0 Å². The maximum absolute atomic E-state index is 11.8. The molecule has 3 heteroatoms. The summed E-state index contributed by atoms with van der Waals surface area (Å²) in [5.41, 5.74) is 1.01. The van der Waals surface area contributed by atoms with E-state index in [0.717, 1.165) is 13.0 Å². The van der Waals surface area contributed by atoms with Gasteiger partial charge in [-0.1, -0.05) is 20.8 Å². The molecule has 0 amide bonds. The van der Waals surface area contributed by atoms with Crippen LogP contribution < -0.4 is 0 Å². The van der Waals surface area contributed by atoms with Gasteiger partial charge < -0.3 is 0 Å². The van der Waals surface area contributed by atoms with Crippen LogP contribution in [0.25, 0.3) is 0 Å². The van der Waals surface area contributed by atoms with Crippen molar-refractivity contribution in [3.63, 3.8) is 0 Å². The van der Waals surface area contributed by atoms with Gasteiger partial charge in [-0.25, -0.2) is 0 Å². The topological polar surface area (TPSA) is 33.2 Å². The largest absolute Gasteiger partial charge is 0.299 e. The van der Waals surface area contributed by atoms with Crippen LogP contribution in [0.15, 0.2) is 24.5 Å². The van der Waals surface area contributed by atoms with E-state index in [4.69, 9.17) is 0 Å². The molecule has 0 aliphatic heterocycles. The van der Waals surface area contributed by atoms with Gasteiger partial charge >= 0.3 is 0 Å². The fourth-order valence-corrected chi connectivity index (χ4v) is 1.43. The summed E-state index contributed by atoms with van der Waals surface area (Å²) >= 11 is 0. The molecule has 94 valence electrons. The van der Waals surface area contributed by atoms with Gasteiger partial charge in [-0.3, -0.25) is 14.7 Å². The van der Waals surface area contributed by atoms with E-state index < -0.39 is 0 Å². The predicted octanol–water partition coefficient (Wildman–Crippen LogP) is 2.17. The minimum absolute atomic E-state index is 0.245. The number of rotatable bonds is 5. The molecule has 3 nitrogen and oxygen atoms in total. The van der Waals surface area contributed by atoms with Gasteiger partial charge in [0.1, 0.15) is 0 Å². The highest BCUT2D eigenvalue weighted by atomic mass is 16.1.